The first kappa shape index (κ1) is 19.6. The minimum atomic E-state index is -0.220. The topological polar surface area (TPSA) is 73.9 Å². The fourth-order valence-corrected chi connectivity index (χ4v) is 3.68. The van der Waals surface area contributed by atoms with Crippen molar-refractivity contribution in [2.45, 2.75) is 37.8 Å². The van der Waals surface area contributed by atoms with Crippen LogP contribution < -0.4 is 10.6 Å². The van der Waals surface area contributed by atoms with Crippen molar-refractivity contribution < 1.29 is 14.3 Å². The summed E-state index contributed by atoms with van der Waals surface area (Å²) >= 11 is 0. The van der Waals surface area contributed by atoms with Crippen LogP contribution in [0, 0.1) is 0 Å². The van der Waals surface area contributed by atoms with E-state index in [1.807, 2.05) is 0 Å². The monoisotopic (exact) mass is 374 g/mol. The third kappa shape index (κ3) is 5.68. The highest BCUT2D eigenvalue weighted by atomic mass is 16.5. The average Bonchev–Trinajstić information content (AvgIpc) is 3.16. The molecule has 0 aromatic heterocycles. The highest BCUT2D eigenvalue weighted by molar-refractivity contribution is 5.96. The third-order valence-corrected chi connectivity index (χ3v) is 5.18. The summed E-state index contributed by atoms with van der Waals surface area (Å²) in [6.45, 7) is 3.87. The molecule has 1 aromatic rings. The summed E-state index contributed by atoms with van der Waals surface area (Å²) < 4.78 is 5.71. The molecule has 7 heteroatoms. The average molecular weight is 374 g/mol. The van der Waals surface area contributed by atoms with Crippen LogP contribution >= 0.6 is 0 Å². The number of hydrogen-bond acceptors (Lipinski definition) is 4. The predicted octanol–water partition coefficient (Wildman–Crippen LogP) is 2.15. The van der Waals surface area contributed by atoms with Crippen LogP contribution in [0.5, 0.6) is 0 Å². The molecular weight excluding hydrogens is 344 g/mol. The van der Waals surface area contributed by atoms with Crippen molar-refractivity contribution in [3.05, 3.63) is 29.8 Å². The normalized spacial score (nSPS) is 21.0. The van der Waals surface area contributed by atoms with Crippen LogP contribution in [0.1, 0.15) is 36.0 Å². The molecule has 2 heterocycles. The molecule has 0 aliphatic carbocycles. The maximum atomic E-state index is 12.3. The number of urea groups is 1. The predicted molar refractivity (Wildman–Crippen MR) is 105 cm³/mol. The summed E-state index contributed by atoms with van der Waals surface area (Å²) in [5.41, 5.74) is 1.18. The lowest BCUT2D eigenvalue weighted by atomic mass is 10.0. The Balaban J connectivity index is 1.43. The number of nitrogens with one attached hydrogen (secondary N) is 2. The molecule has 2 saturated heterocycles. The molecule has 2 aliphatic rings. The van der Waals surface area contributed by atoms with Gasteiger partial charge in [0.1, 0.15) is 0 Å². The molecule has 7 nitrogen and oxygen atoms in total. The number of carbonyl (C=O) groups excluding carboxylic acids is 2. The number of carbonyl (C=O) groups is 2. The van der Waals surface area contributed by atoms with E-state index in [0.717, 1.165) is 45.5 Å². The van der Waals surface area contributed by atoms with Crippen LogP contribution in [-0.4, -0.2) is 74.2 Å². The van der Waals surface area contributed by atoms with E-state index in [9.17, 15) is 9.59 Å². The van der Waals surface area contributed by atoms with Gasteiger partial charge in [-0.15, -0.1) is 0 Å². The highest BCUT2D eigenvalue weighted by Crippen LogP contribution is 2.17. The maximum absolute atomic E-state index is 12.3. The van der Waals surface area contributed by atoms with Gasteiger partial charge in [-0.25, -0.2) is 4.79 Å². The van der Waals surface area contributed by atoms with E-state index < -0.39 is 0 Å². The number of nitrogens with zero attached hydrogens (tertiary/aromatic N) is 2. The first-order valence-corrected chi connectivity index (χ1v) is 9.74. The number of hydrogen-bond donors (Lipinski definition) is 2. The Bertz CT molecular complexity index is 650. The number of ether oxygens (including phenoxy) is 1. The van der Waals surface area contributed by atoms with Crippen molar-refractivity contribution in [1.82, 2.24) is 15.1 Å². The van der Waals surface area contributed by atoms with Crippen molar-refractivity contribution in [2.75, 3.05) is 45.7 Å². The second-order valence-corrected chi connectivity index (χ2v) is 7.59. The molecular formula is C20H30N4O3. The number of benzene rings is 1. The Morgan fingerprint density at radius 1 is 1.22 bits per heavy atom. The van der Waals surface area contributed by atoms with Crippen molar-refractivity contribution in [3.63, 3.8) is 0 Å². The lowest BCUT2D eigenvalue weighted by Gasteiger charge is -2.33. The SMILES string of the molecule is CN(C)C(=O)c1cccc(NC(=O)NC2CCN(C[C@@H]3CCCO3)CC2)c1. The minimum Gasteiger partial charge on any atom is -0.377 e. The quantitative estimate of drug-likeness (QED) is 0.828. The number of amides is 3. The van der Waals surface area contributed by atoms with Crippen LogP contribution in [0.4, 0.5) is 10.5 Å². The third-order valence-electron chi connectivity index (χ3n) is 5.18. The summed E-state index contributed by atoms with van der Waals surface area (Å²) in [6, 6.07) is 6.97. The molecule has 0 saturated carbocycles. The van der Waals surface area contributed by atoms with E-state index in [1.165, 1.54) is 11.3 Å². The molecule has 0 spiro atoms. The van der Waals surface area contributed by atoms with Gasteiger partial charge in [0.25, 0.3) is 5.91 Å². The fourth-order valence-electron chi connectivity index (χ4n) is 3.68. The standard InChI is InChI=1S/C20H30N4O3/c1-23(2)19(25)15-5-3-6-17(13-15)22-20(26)21-16-8-10-24(11-9-16)14-18-7-4-12-27-18/h3,5-6,13,16,18H,4,7-12,14H2,1-2H3,(H2,21,22,26)/t18-/m0/s1. The summed E-state index contributed by atoms with van der Waals surface area (Å²) in [5, 5.41) is 5.89. The van der Waals surface area contributed by atoms with Crippen molar-refractivity contribution in [3.8, 4) is 0 Å². The smallest absolute Gasteiger partial charge is 0.319 e. The van der Waals surface area contributed by atoms with Crippen LogP contribution in [0.15, 0.2) is 24.3 Å². The van der Waals surface area contributed by atoms with E-state index >= 15 is 0 Å². The molecule has 0 radical (unpaired) electrons. The van der Waals surface area contributed by atoms with E-state index in [-0.39, 0.29) is 18.0 Å². The largest absolute Gasteiger partial charge is 0.377 e. The zero-order chi connectivity index (χ0) is 19.2. The van der Waals surface area contributed by atoms with Gasteiger partial charge in [-0.05, 0) is 43.9 Å². The summed E-state index contributed by atoms with van der Waals surface area (Å²) in [5.74, 6) is -0.0855. The van der Waals surface area contributed by atoms with Gasteiger partial charge in [-0.1, -0.05) is 6.07 Å². The van der Waals surface area contributed by atoms with E-state index in [1.54, 1.807) is 38.4 Å². The summed E-state index contributed by atoms with van der Waals surface area (Å²) in [7, 11) is 3.42. The molecule has 3 amide bonds. The van der Waals surface area contributed by atoms with Gasteiger partial charge in [-0.3, -0.25) is 4.79 Å². The first-order valence-electron chi connectivity index (χ1n) is 9.74. The van der Waals surface area contributed by atoms with Gasteiger partial charge in [0, 0.05) is 57.6 Å². The Labute approximate surface area is 161 Å². The zero-order valence-corrected chi connectivity index (χ0v) is 16.2. The van der Waals surface area contributed by atoms with Gasteiger partial charge in [0.15, 0.2) is 0 Å². The lowest BCUT2D eigenvalue weighted by Crippen LogP contribution is -2.47. The number of likely N-dealkylation sites (tertiary alicyclic amines) is 1. The number of anilines is 1. The molecule has 2 fully saturated rings. The second kappa shape index (κ2) is 9.19. The van der Waals surface area contributed by atoms with Crippen molar-refractivity contribution in [2.24, 2.45) is 0 Å². The lowest BCUT2D eigenvalue weighted by molar-refractivity contribution is 0.0633. The van der Waals surface area contributed by atoms with Crippen LogP contribution in [-0.2, 0) is 4.74 Å². The molecule has 2 N–H and O–H groups in total. The Hall–Kier alpha value is -2.12. The maximum Gasteiger partial charge on any atom is 0.319 e. The van der Waals surface area contributed by atoms with Gasteiger partial charge in [0.05, 0.1) is 6.10 Å². The molecule has 3 rings (SSSR count). The minimum absolute atomic E-state index is 0.0855. The van der Waals surface area contributed by atoms with Crippen LogP contribution in [0.25, 0.3) is 0 Å². The zero-order valence-electron chi connectivity index (χ0n) is 16.2. The molecule has 1 atom stereocenters. The summed E-state index contributed by atoms with van der Waals surface area (Å²) in [4.78, 5) is 28.3. The van der Waals surface area contributed by atoms with E-state index in [2.05, 4.69) is 15.5 Å². The van der Waals surface area contributed by atoms with Crippen LogP contribution in [0.3, 0.4) is 0 Å². The molecule has 0 unspecified atom stereocenters. The first-order chi connectivity index (χ1) is 13.0. The molecule has 148 valence electrons. The second-order valence-electron chi connectivity index (χ2n) is 7.59. The molecule has 0 bridgehead atoms. The number of piperidine rings is 1. The highest BCUT2D eigenvalue weighted by Gasteiger charge is 2.24. The molecule has 2 aliphatic heterocycles. The number of rotatable bonds is 5. The molecule has 1 aromatic carbocycles. The van der Waals surface area contributed by atoms with Gasteiger partial charge < -0.3 is 25.2 Å². The van der Waals surface area contributed by atoms with Crippen LogP contribution in [0.2, 0.25) is 0 Å². The Morgan fingerprint density at radius 2 is 2.00 bits per heavy atom. The van der Waals surface area contributed by atoms with Crippen molar-refractivity contribution >= 4 is 17.6 Å². The molecule has 27 heavy (non-hydrogen) atoms. The van der Waals surface area contributed by atoms with Gasteiger partial charge in [-0.2, -0.15) is 0 Å². The Kier molecular flexibility index (Phi) is 6.68. The summed E-state index contributed by atoms with van der Waals surface area (Å²) in [6.07, 6.45) is 4.61. The van der Waals surface area contributed by atoms with Crippen molar-refractivity contribution in [1.29, 1.82) is 0 Å². The Morgan fingerprint density at radius 3 is 2.67 bits per heavy atom. The van der Waals surface area contributed by atoms with E-state index in [0.29, 0.717) is 17.4 Å². The van der Waals surface area contributed by atoms with Gasteiger partial charge >= 0.3 is 6.03 Å². The fraction of sp³-hybridized carbons (Fsp3) is 0.600. The van der Waals surface area contributed by atoms with E-state index in [4.69, 9.17) is 4.74 Å². The van der Waals surface area contributed by atoms with Gasteiger partial charge in [0.2, 0.25) is 0 Å².